The smallest absolute Gasteiger partial charge is 0.324 e. The lowest BCUT2D eigenvalue weighted by Gasteiger charge is -2.29. The SMILES string of the molecule is O=C1NC2(CCc3ccccc31)CCN(C(=O)CCCN1C(=O)CNC1=O)C2. The average Bonchev–Trinajstić information content (AvgIpc) is 3.20. The number of carbonyl (C=O) groups is 4. The van der Waals surface area contributed by atoms with Crippen molar-refractivity contribution in [1.82, 2.24) is 20.4 Å². The number of carbonyl (C=O) groups excluding carboxylic acids is 4. The first-order chi connectivity index (χ1) is 13.5. The van der Waals surface area contributed by atoms with Crippen LogP contribution in [0.1, 0.15) is 41.6 Å². The molecule has 1 aromatic rings. The molecule has 28 heavy (non-hydrogen) atoms. The third-order valence-electron chi connectivity index (χ3n) is 5.93. The van der Waals surface area contributed by atoms with E-state index in [2.05, 4.69) is 10.6 Å². The minimum Gasteiger partial charge on any atom is -0.345 e. The molecule has 148 valence electrons. The molecule has 8 nitrogen and oxygen atoms in total. The molecule has 0 bridgehead atoms. The Hall–Kier alpha value is -2.90. The van der Waals surface area contributed by atoms with Gasteiger partial charge >= 0.3 is 6.03 Å². The van der Waals surface area contributed by atoms with Crippen LogP contribution in [0, 0.1) is 0 Å². The minimum absolute atomic E-state index is 0.0000563. The number of benzene rings is 1. The van der Waals surface area contributed by atoms with E-state index in [4.69, 9.17) is 0 Å². The molecule has 5 amide bonds. The maximum absolute atomic E-state index is 12.6. The molecule has 1 unspecified atom stereocenters. The molecule has 1 aromatic carbocycles. The van der Waals surface area contributed by atoms with Gasteiger partial charge in [0.1, 0.15) is 0 Å². The van der Waals surface area contributed by atoms with Gasteiger partial charge in [-0.25, -0.2) is 4.79 Å². The van der Waals surface area contributed by atoms with Crippen molar-refractivity contribution in [2.24, 2.45) is 0 Å². The van der Waals surface area contributed by atoms with Gasteiger partial charge in [0.2, 0.25) is 11.8 Å². The summed E-state index contributed by atoms with van der Waals surface area (Å²) in [7, 11) is 0. The lowest BCUT2D eigenvalue weighted by Crippen LogP contribution is -2.50. The van der Waals surface area contributed by atoms with Crippen LogP contribution < -0.4 is 10.6 Å². The number of likely N-dealkylation sites (tertiary alicyclic amines) is 1. The first-order valence-electron chi connectivity index (χ1n) is 9.74. The molecule has 2 fully saturated rings. The van der Waals surface area contributed by atoms with E-state index < -0.39 is 6.03 Å². The van der Waals surface area contributed by atoms with Gasteiger partial charge in [-0.2, -0.15) is 0 Å². The number of hydrogen-bond donors (Lipinski definition) is 2. The fourth-order valence-electron chi connectivity index (χ4n) is 4.32. The van der Waals surface area contributed by atoms with E-state index in [-0.39, 0.29) is 42.8 Å². The predicted octanol–water partition coefficient (Wildman–Crippen LogP) is 0.666. The maximum atomic E-state index is 12.6. The summed E-state index contributed by atoms with van der Waals surface area (Å²) in [5.74, 6) is -0.320. The Balaban J connectivity index is 1.32. The molecule has 1 spiro atoms. The third-order valence-corrected chi connectivity index (χ3v) is 5.93. The van der Waals surface area contributed by atoms with Crippen molar-refractivity contribution in [3.05, 3.63) is 35.4 Å². The van der Waals surface area contributed by atoms with Gasteiger partial charge < -0.3 is 15.5 Å². The number of urea groups is 1. The fourth-order valence-corrected chi connectivity index (χ4v) is 4.32. The normalized spacial score (nSPS) is 24.2. The number of fused-ring (bicyclic) bond motifs is 1. The van der Waals surface area contributed by atoms with Crippen LogP contribution in [0.3, 0.4) is 0 Å². The second kappa shape index (κ2) is 7.26. The van der Waals surface area contributed by atoms with Crippen LogP contribution in [0.15, 0.2) is 24.3 Å². The van der Waals surface area contributed by atoms with E-state index in [0.717, 1.165) is 35.3 Å². The average molecular weight is 384 g/mol. The summed E-state index contributed by atoms with van der Waals surface area (Å²) in [6.45, 7) is 1.40. The number of nitrogens with zero attached hydrogens (tertiary/aromatic N) is 2. The van der Waals surface area contributed by atoms with Crippen LogP contribution in [-0.2, 0) is 16.0 Å². The van der Waals surface area contributed by atoms with Crippen molar-refractivity contribution < 1.29 is 19.2 Å². The minimum atomic E-state index is -0.390. The van der Waals surface area contributed by atoms with E-state index in [0.29, 0.717) is 19.5 Å². The van der Waals surface area contributed by atoms with Crippen molar-refractivity contribution >= 4 is 23.8 Å². The number of imide groups is 1. The second-order valence-electron chi connectivity index (χ2n) is 7.76. The zero-order valence-corrected chi connectivity index (χ0v) is 15.7. The summed E-state index contributed by atoms with van der Waals surface area (Å²) < 4.78 is 0. The van der Waals surface area contributed by atoms with Gasteiger partial charge in [0.05, 0.1) is 12.1 Å². The highest BCUT2D eigenvalue weighted by Crippen LogP contribution is 2.31. The van der Waals surface area contributed by atoms with Gasteiger partial charge in [0, 0.05) is 31.6 Å². The fraction of sp³-hybridized carbons (Fsp3) is 0.500. The molecule has 0 aliphatic carbocycles. The topological polar surface area (TPSA) is 98.8 Å². The van der Waals surface area contributed by atoms with Crippen LogP contribution in [0.4, 0.5) is 4.79 Å². The summed E-state index contributed by atoms with van der Waals surface area (Å²) in [5, 5.41) is 5.64. The lowest BCUT2D eigenvalue weighted by molar-refractivity contribution is -0.131. The van der Waals surface area contributed by atoms with Crippen LogP contribution >= 0.6 is 0 Å². The van der Waals surface area contributed by atoms with Crippen molar-refractivity contribution in [2.75, 3.05) is 26.2 Å². The molecule has 1 atom stereocenters. The summed E-state index contributed by atoms with van der Waals surface area (Å²) >= 11 is 0. The highest BCUT2D eigenvalue weighted by atomic mass is 16.2. The largest absolute Gasteiger partial charge is 0.345 e. The van der Waals surface area contributed by atoms with Crippen molar-refractivity contribution in [3.8, 4) is 0 Å². The quantitative estimate of drug-likeness (QED) is 0.745. The molecule has 2 N–H and O–H groups in total. The number of hydrogen-bond acceptors (Lipinski definition) is 4. The monoisotopic (exact) mass is 384 g/mol. The number of rotatable bonds is 4. The van der Waals surface area contributed by atoms with Crippen molar-refractivity contribution in [2.45, 2.75) is 37.6 Å². The molecule has 0 saturated carbocycles. The Morgan fingerprint density at radius 3 is 2.75 bits per heavy atom. The zero-order valence-electron chi connectivity index (χ0n) is 15.7. The summed E-state index contributed by atoms with van der Waals surface area (Å²) in [5.41, 5.74) is 1.39. The van der Waals surface area contributed by atoms with E-state index >= 15 is 0 Å². The van der Waals surface area contributed by atoms with E-state index in [1.165, 1.54) is 0 Å². The number of amides is 5. The Kier molecular flexibility index (Phi) is 4.78. The summed E-state index contributed by atoms with van der Waals surface area (Å²) in [6.07, 6.45) is 3.08. The van der Waals surface area contributed by atoms with E-state index in [9.17, 15) is 19.2 Å². The van der Waals surface area contributed by atoms with E-state index in [1.54, 1.807) is 4.90 Å². The summed E-state index contributed by atoms with van der Waals surface area (Å²) in [4.78, 5) is 51.3. The maximum Gasteiger partial charge on any atom is 0.324 e. The summed E-state index contributed by atoms with van der Waals surface area (Å²) in [6, 6.07) is 7.25. The number of aryl methyl sites for hydroxylation is 1. The Bertz CT molecular complexity index is 823. The molecule has 8 heteroatoms. The molecule has 3 heterocycles. The lowest BCUT2D eigenvalue weighted by atomic mass is 9.91. The van der Waals surface area contributed by atoms with Gasteiger partial charge in [-0.1, -0.05) is 18.2 Å². The van der Waals surface area contributed by atoms with Gasteiger partial charge in [-0.05, 0) is 37.3 Å². The molecule has 0 radical (unpaired) electrons. The zero-order chi connectivity index (χ0) is 19.7. The van der Waals surface area contributed by atoms with Crippen LogP contribution in [0.2, 0.25) is 0 Å². The van der Waals surface area contributed by atoms with Crippen molar-refractivity contribution in [3.63, 3.8) is 0 Å². The van der Waals surface area contributed by atoms with Crippen LogP contribution in [0.5, 0.6) is 0 Å². The Labute approximate surface area is 163 Å². The van der Waals surface area contributed by atoms with Gasteiger partial charge in [-0.15, -0.1) is 0 Å². The standard InChI is InChI=1S/C20H24N4O4/c25-16(6-3-10-24-17(26)12-21-19(24)28)23-11-9-20(13-23)8-7-14-4-1-2-5-15(14)18(27)22-20/h1-2,4-5H,3,6-13H2,(H,21,28)(H,22,27). The first-order valence-corrected chi connectivity index (χ1v) is 9.74. The first kappa shape index (κ1) is 18.5. The highest BCUT2D eigenvalue weighted by molar-refractivity contribution is 6.02. The molecule has 4 rings (SSSR count). The predicted molar refractivity (Wildman–Crippen MR) is 101 cm³/mol. The van der Waals surface area contributed by atoms with E-state index in [1.807, 2.05) is 24.3 Å². The van der Waals surface area contributed by atoms with Crippen molar-refractivity contribution in [1.29, 1.82) is 0 Å². The Morgan fingerprint density at radius 2 is 1.96 bits per heavy atom. The van der Waals surface area contributed by atoms with Crippen LogP contribution in [0.25, 0.3) is 0 Å². The molecule has 0 aromatic heterocycles. The van der Waals surface area contributed by atoms with Gasteiger partial charge in [0.15, 0.2) is 0 Å². The van der Waals surface area contributed by atoms with Gasteiger partial charge in [0.25, 0.3) is 5.91 Å². The molecular formula is C20H24N4O4. The number of nitrogens with one attached hydrogen (secondary N) is 2. The molecular weight excluding hydrogens is 360 g/mol. The molecule has 2 saturated heterocycles. The highest BCUT2D eigenvalue weighted by Gasteiger charge is 2.42. The van der Waals surface area contributed by atoms with Gasteiger partial charge in [-0.3, -0.25) is 19.3 Å². The molecule has 3 aliphatic rings. The molecule has 3 aliphatic heterocycles. The Morgan fingerprint density at radius 1 is 1.14 bits per heavy atom. The second-order valence-corrected chi connectivity index (χ2v) is 7.76. The third kappa shape index (κ3) is 3.46. The van der Waals surface area contributed by atoms with Crippen LogP contribution in [-0.4, -0.2) is 65.3 Å².